The number of ketones is 1. The van der Waals surface area contributed by atoms with E-state index in [2.05, 4.69) is 4.72 Å². The van der Waals surface area contributed by atoms with Crippen molar-refractivity contribution in [2.45, 2.75) is 25.2 Å². The molecule has 4 nitrogen and oxygen atoms in total. The Morgan fingerprint density at radius 1 is 1.10 bits per heavy atom. The highest BCUT2D eigenvalue weighted by Crippen LogP contribution is 2.21. The van der Waals surface area contributed by atoms with E-state index in [1.165, 1.54) is 19.1 Å². The maximum atomic E-state index is 12.4. The third-order valence-corrected chi connectivity index (χ3v) is 4.56. The lowest BCUT2D eigenvalue weighted by Crippen LogP contribution is -2.14. The SMILES string of the molecule is CCc1ccccc1NS(=O)(=O)c1cccc(C(C)=O)c1. The second kappa shape index (κ2) is 6.10. The lowest BCUT2D eigenvalue weighted by molar-refractivity contribution is 0.101. The molecule has 1 N–H and O–H groups in total. The first kappa shape index (κ1) is 15.3. The minimum atomic E-state index is -3.70. The molecule has 0 atom stereocenters. The third-order valence-electron chi connectivity index (χ3n) is 3.19. The van der Waals surface area contributed by atoms with Crippen molar-refractivity contribution in [1.29, 1.82) is 0 Å². The Hall–Kier alpha value is -2.14. The number of aryl methyl sites for hydroxylation is 1. The predicted octanol–water partition coefficient (Wildman–Crippen LogP) is 3.25. The second-order valence-corrected chi connectivity index (χ2v) is 6.38. The zero-order valence-corrected chi connectivity index (χ0v) is 12.8. The Balaban J connectivity index is 2.39. The third kappa shape index (κ3) is 3.49. The van der Waals surface area contributed by atoms with Crippen LogP contribution in [0.4, 0.5) is 5.69 Å². The molecule has 0 aliphatic rings. The van der Waals surface area contributed by atoms with E-state index < -0.39 is 10.0 Å². The van der Waals surface area contributed by atoms with Gasteiger partial charge in [0.15, 0.2) is 5.78 Å². The molecular weight excluding hydrogens is 286 g/mol. The summed E-state index contributed by atoms with van der Waals surface area (Å²) in [5.74, 6) is -0.166. The molecule has 0 aromatic heterocycles. The Morgan fingerprint density at radius 2 is 1.81 bits per heavy atom. The second-order valence-electron chi connectivity index (χ2n) is 4.70. The zero-order valence-electron chi connectivity index (χ0n) is 12.0. The molecule has 0 radical (unpaired) electrons. The maximum Gasteiger partial charge on any atom is 0.261 e. The van der Waals surface area contributed by atoms with E-state index in [9.17, 15) is 13.2 Å². The van der Waals surface area contributed by atoms with Crippen LogP contribution < -0.4 is 4.72 Å². The minimum absolute atomic E-state index is 0.0844. The number of anilines is 1. The molecule has 0 aliphatic carbocycles. The summed E-state index contributed by atoms with van der Waals surface area (Å²) in [7, 11) is -3.70. The van der Waals surface area contributed by atoms with Crippen molar-refractivity contribution in [1.82, 2.24) is 0 Å². The van der Waals surface area contributed by atoms with Crippen molar-refractivity contribution in [2.75, 3.05) is 4.72 Å². The molecule has 0 aliphatic heterocycles. The van der Waals surface area contributed by atoms with Gasteiger partial charge in [0.1, 0.15) is 0 Å². The van der Waals surface area contributed by atoms with Crippen molar-refractivity contribution in [3.8, 4) is 0 Å². The van der Waals surface area contributed by atoms with E-state index in [0.717, 1.165) is 12.0 Å². The van der Waals surface area contributed by atoms with Crippen molar-refractivity contribution in [2.24, 2.45) is 0 Å². The highest BCUT2D eigenvalue weighted by Gasteiger charge is 2.16. The van der Waals surface area contributed by atoms with E-state index >= 15 is 0 Å². The van der Waals surface area contributed by atoms with Gasteiger partial charge in [0, 0.05) is 5.56 Å². The summed E-state index contributed by atoms with van der Waals surface area (Å²) in [4.78, 5) is 11.5. The number of hydrogen-bond acceptors (Lipinski definition) is 3. The topological polar surface area (TPSA) is 63.2 Å². The van der Waals surface area contributed by atoms with Crippen LogP contribution in [0.25, 0.3) is 0 Å². The molecule has 110 valence electrons. The number of carbonyl (C=O) groups is 1. The fraction of sp³-hybridized carbons (Fsp3) is 0.188. The Labute approximate surface area is 124 Å². The van der Waals surface area contributed by atoms with Crippen LogP contribution in [0.2, 0.25) is 0 Å². The summed E-state index contributed by atoms with van der Waals surface area (Å²) in [6.07, 6.45) is 0.728. The summed E-state index contributed by atoms with van der Waals surface area (Å²) in [5, 5.41) is 0. The standard InChI is InChI=1S/C16H17NO3S/c1-3-13-7-4-5-10-16(13)17-21(19,20)15-9-6-8-14(11-15)12(2)18/h4-11,17H,3H2,1-2H3. The first-order valence-electron chi connectivity index (χ1n) is 6.66. The molecule has 2 aromatic rings. The van der Waals surface area contributed by atoms with Gasteiger partial charge in [-0.3, -0.25) is 9.52 Å². The van der Waals surface area contributed by atoms with Gasteiger partial charge >= 0.3 is 0 Å². The summed E-state index contributed by atoms with van der Waals surface area (Å²) in [6, 6.07) is 13.3. The number of para-hydroxylation sites is 1. The molecule has 2 aromatic carbocycles. The van der Waals surface area contributed by atoms with Gasteiger partial charge in [0.25, 0.3) is 10.0 Å². The van der Waals surface area contributed by atoms with Crippen molar-refractivity contribution < 1.29 is 13.2 Å². The number of carbonyl (C=O) groups excluding carboxylic acids is 1. The number of hydrogen-bond donors (Lipinski definition) is 1. The monoisotopic (exact) mass is 303 g/mol. The zero-order chi connectivity index (χ0) is 15.5. The van der Waals surface area contributed by atoms with Gasteiger partial charge in [-0.1, -0.05) is 37.3 Å². The molecule has 0 amide bonds. The Bertz CT molecular complexity index is 767. The molecule has 0 bridgehead atoms. The van der Waals surface area contributed by atoms with Crippen LogP contribution in [0.3, 0.4) is 0 Å². The predicted molar refractivity (Wildman–Crippen MR) is 83.1 cm³/mol. The molecule has 0 saturated heterocycles. The maximum absolute atomic E-state index is 12.4. The van der Waals surface area contributed by atoms with Gasteiger partial charge < -0.3 is 0 Å². The lowest BCUT2D eigenvalue weighted by Gasteiger charge is -2.12. The smallest absolute Gasteiger partial charge is 0.261 e. The van der Waals surface area contributed by atoms with Crippen molar-refractivity contribution >= 4 is 21.5 Å². The van der Waals surface area contributed by atoms with Crippen LogP contribution in [0.1, 0.15) is 29.8 Å². The fourth-order valence-corrected chi connectivity index (χ4v) is 3.16. The number of nitrogens with one attached hydrogen (secondary N) is 1. The van der Waals surface area contributed by atoms with Gasteiger partial charge in [0.2, 0.25) is 0 Å². The molecule has 5 heteroatoms. The summed E-state index contributed by atoms with van der Waals surface area (Å²) < 4.78 is 27.4. The largest absolute Gasteiger partial charge is 0.295 e. The molecule has 0 heterocycles. The molecule has 0 spiro atoms. The van der Waals surface area contributed by atoms with E-state index in [-0.39, 0.29) is 10.7 Å². The van der Waals surface area contributed by atoms with Crippen molar-refractivity contribution in [3.05, 3.63) is 59.7 Å². The first-order valence-corrected chi connectivity index (χ1v) is 8.14. The quantitative estimate of drug-likeness (QED) is 0.862. The van der Waals surface area contributed by atoms with Gasteiger partial charge in [-0.25, -0.2) is 8.42 Å². The van der Waals surface area contributed by atoms with E-state index in [0.29, 0.717) is 11.3 Å². The summed E-state index contributed by atoms with van der Waals surface area (Å²) >= 11 is 0. The highest BCUT2D eigenvalue weighted by atomic mass is 32.2. The number of rotatable bonds is 5. The van der Waals surface area contributed by atoms with Crippen LogP contribution >= 0.6 is 0 Å². The summed E-state index contributed by atoms with van der Waals surface area (Å²) in [5.41, 5.74) is 1.86. The summed E-state index contributed by atoms with van der Waals surface area (Å²) in [6.45, 7) is 3.37. The van der Waals surface area contributed by atoms with Crippen LogP contribution in [0.5, 0.6) is 0 Å². The highest BCUT2D eigenvalue weighted by molar-refractivity contribution is 7.92. The molecule has 2 rings (SSSR count). The number of benzene rings is 2. The Kier molecular flexibility index (Phi) is 4.43. The Morgan fingerprint density at radius 3 is 2.48 bits per heavy atom. The normalized spacial score (nSPS) is 11.1. The van der Waals surface area contributed by atoms with Crippen LogP contribution in [-0.2, 0) is 16.4 Å². The van der Waals surface area contributed by atoms with E-state index in [1.807, 2.05) is 19.1 Å². The average molecular weight is 303 g/mol. The average Bonchev–Trinajstić information content (AvgIpc) is 2.47. The molecule has 0 saturated carbocycles. The first-order chi connectivity index (χ1) is 9.94. The molecule has 21 heavy (non-hydrogen) atoms. The van der Waals surface area contributed by atoms with Gasteiger partial charge in [-0.05, 0) is 37.1 Å². The molecule has 0 fully saturated rings. The van der Waals surface area contributed by atoms with E-state index in [4.69, 9.17) is 0 Å². The van der Waals surface area contributed by atoms with Crippen LogP contribution in [0.15, 0.2) is 53.4 Å². The van der Waals surface area contributed by atoms with Crippen molar-refractivity contribution in [3.63, 3.8) is 0 Å². The van der Waals surface area contributed by atoms with Crippen LogP contribution in [0, 0.1) is 0 Å². The number of sulfonamides is 1. The number of Topliss-reactive ketones (excluding diaryl/α,β-unsaturated/α-hetero) is 1. The fourth-order valence-electron chi connectivity index (χ4n) is 2.01. The van der Waals surface area contributed by atoms with E-state index in [1.54, 1.807) is 24.3 Å². The minimum Gasteiger partial charge on any atom is -0.295 e. The lowest BCUT2D eigenvalue weighted by atomic mass is 10.1. The molecular formula is C16H17NO3S. The van der Waals surface area contributed by atoms with Gasteiger partial charge in [0.05, 0.1) is 10.6 Å². The molecule has 0 unspecified atom stereocenters. The van der Waals surface area contributed by atoms with Gasteiger partial charge in [-0.15, -0.1) is 0 Å². The van der Waals surface area contributed by atoms with Gasteiger partial charge in [-0.2, -0.15) is 0 Å². The van der Waals surface area contributed by atoms with Crippen LogP contribution in [-0.4, -0.2) is 14.2 Å².